The van der Waals surface area contributed by atoms with Crippen molar-refractivity contribution in [3.8, 4) is 0 Å². The molecule has 1 aliphatic carbocycles. The summed E-state index contributed by atoms with van der Waals surface area (Å²) in [4.78, 5) is 25.8. The van der Waals surface area contributed by atoms with Gasteiger partial charge >= 0.3 is 5.97 Å². The first-order valence-corrected chi connectivity index (χ1v) is 6.13. The van der Waals surface area contributed by atoms with Gasteiger partial charge in [-0.2, -0.15) is 0 Å². The molecule has 1 saturated carbocycles. The second-order valence-electron chi connectivity index (χ2n) is 5.34. The van der Waals surface area contributed by atoms with Gasteiger partial charge in [0.05, 0.1) is 20.3 Å². The third kappa shape index (κ3) is 1.56. The fourth-order valence-electron chi connectivity index (χ4n) is 2.98. The number of fused-ring (bicyclic) bond motifs is 1. The van der Waals surface area contributed by atoms with E-state index in [1.807, 2.05) is 4.90 Å². The van der Waals surface area contributed by atoms with Gasteiger partial charge in [-0.25, -0.2) is 0 Å². The van der Waals surface area contributed by atoms with Crippen molar-refractivity contribution in [2.24, 2.45) is 17.3 Å². The zero-order valence-electron chi connectivity index (χ0n) is 9.98. The summed E-state index contributed by atoms with van der Waals surface area (Å²) < 4.78 is 10.1. The lowest BCUT2D eigenvalue weighted by Crippen LogP contribution is -2.40. The Balaban J connectivity index is 1.70. The van der Waals surface area contributed by atoms with Crippen molar-refractivity contribution in [3.05, 3.63) is 0 Å². The van der Waals surface area contributed by atoms with Crippen molar-refractivity contribution in [3.63, 3.8) is 0 Å². The Morgan fingerprint density at radius 3 is 2.29 bits per heavy atom. The number of hydrogen-bond acceptors (Lipinski definition) is 4. The summed E-state index contributed by atoms with van der Waals surface area (Å²) in [5, 5.41) is 0. The number of hydrogen-bond donors (Lipinski definition) is 0. The SMILES string of the molecule is COC(=O)C1(C(=O)N2CC3COCC3C2)CC1. The average molecular weight is 239 g/mol. The summed E-state index contributed by atoms with van der Waals surface area (Å²) in [5.74, 6) is 0.536. The standard InChI is InChI=1S/C12H17NO4/c1-16-11(15)12(2-3-12)10(14)13-4-8-6-17-7-9(8)5-13/h8-9H,2-7H2,1H3. The number of likely N-dealkylation sites (tertiary alicyclic amines) is 1. The quantitative estimate of drug-likeness (QED) is 0.504. The molecule has 17 heavy (non-hydrogen) atoms. The minimum absolute atomic E-state index is 0.0289. The predicted octanol–water partition coefficient (Wildman–Crippen LogP) is 0.0444. The number of methoxy groups -OCH3 is 1. The Morgan fingerprint density at radius 1 is 1.24 bits per heavy atom. The van der Waals surface area contributed by atoms with Crippen LogP contribution in [0.1, 0.15) is 12.8 Å². The van der Waals surface area contributed by atoms with Gasteiger partial charge in [-0.3, -0.25) is 9.59 Å². The second kappa shape index (κ2) is 3.70. The van der Waals surface area contributed by atoms with Crippen LogP contribution in [-0.4, -0.2) is 50.2 Å². The molecule has 3 rings (SSSR count). The molecule has 0 bridgehead atoms. The maximum absolute atomic E-state index is 12.3. The molecule has 0 aromatic carbocycles. The number of amides is 1. The van der Waals surface area contributed by atoms with Crippen molar-refractivity contribution in [1.29, 1.82) is 0 Å². The van der Waals surface area contributed by atoms with Gasteiger partial charge < -0.3 is 14.4 Å². The first kappa shape index (κ1) is 11.0. The van der Waals surface area contributed by atoms with E-state index in [1.54, 1.807) is 0 Å². The Bertz CT molecular complexity index is 352. The normalized spacial score (nSPS) is 33.4. The fourth-order valence-corrected chi connectivity index (χ4v) is 2.98. The molecule has 0 N–H and O–H groups in total. The lowest BCUT2D eigenvalue weighted by Gasteiger charge is -2.22. The molecule has 0 aromatic rings. The minimum atomic E-state index is -0.839. The Labute approximate surface area is 100 Å². The Morgan fingerprint density at radius 2 is 1.82 bits per heavy atom. The van der Waals surface area contributed by atoms with Crippen LogP contribution in [0.2, 0.25) is 0 Å². The lowest BCUT2D eigenvalue weighted by molar-refractivity contribution is -0.155. The van der Waals surface area contributed by atoms with Crippen molar-refractivity contribution in [2.75, 3.05) is 33.4 Å². The fraction of sp³-hybridized carbons (Fsp3) is 0.833. The van der Waals surface area contributed by atoms with Crippen molar-refractivity contribution in [2.45, 2.75) is 12.8 Å². The maximum atomic E-state index is 12.3. The van der Waals surface area contributed by atoms with E-state index >= 15 is 0 Å². The van der Waals surface area contributed by atoms with E-state index in [9.17, 15) is 9.59 Å². The van der Waals surface area contributed by atoms with Crippen LogP contribution in [0.15, 0.2) is 0 Å². The number of ether oxygens (including phenoxy) is 2. The number of esters is 1. The molecule has 94 valence electrons. The van der Waals surface area contributed by atoms with Gasteiger partial charge in [0, 0.05) is 24.9 Å². The maximum Gasteiger partial charge on any atom is 0.321 e. The first-order chi connectivity index (χ1) is 8.17. The molecule has 2 atom stereocenters. The summed E-state index contributed by atoms with van der Waals surface area (Å²) >= 11 is 0. The van der Waals surface area contributed by atoms with Gasteiger partial charge in [0.25, 0.3) is 0 Å². The van der Waals surface area contributed by atoms with Crippen LogP contribution in [0.25, 0.3) is 0 Å². The van der Waals surface area contributed by atoms with E-state index in [4.69, 9.17) is 9.47 Å². The van der Waals surface area contributed by atoms with Crippen molar-refractivity contribution in [1.82, 2.24) is 4.90 Å². The zero-order valence-corrected chi connectivity index (χ0v) is 9.98. The van der Waals surface area contributed by atoms with Crippen LogP contribution in [0.3, 0.4) is 0 Å². The van der Waals surface area contributed by atoms with E-state index in [2.05, 4.69) is 0 Å². The van der Waals surface area contributed by atoms with Gasteiger partial charge in [-0.05, 0) is 12.8 Å². The topological polar surface area (TPSA) is 55.8 Å². The summed E-state index contributed by atoms with van der Waals surface area (Å²) in [7, 11) is 1.35. The largest absolute Gasteiger partial charge is 0.468 e. The van der Waals surface area contributed by atoms with E-state index in [1.165, 1.54) is 7.11 Å². The third-order valence-corrected chi connectivity index (χ3v) is 4.26. The van der Waals surface area contributed by atoms with Crippen molar-refractivity contribution < 1.29 is 19.1 Å². The molecule has 0 radical (unpaired) electrons. The molecular formula is C12H17NO4. The molecule has 3 fully saturated rings. The lowest BCUT2D eigenvalue weighted by atomic mass is 10.0. The third-order valence-electron chi connectivity index (χ3n) is 4.26. The first-order valence-electron chi connectivity index (χ1n) is 6.13. The van der Waals surface area contributed by atoms with Crippen LogP contribution < -0.4 is 0 Å². The highest BCUT2D eigenvalue weighted by atomic mass is 16.5. The molecule has 3 aliphatic rings. The molecule has 2 aliphatic heterocycles. The van der Waals surface area contributed by atoms with E-state index < -0.39 is 5.41 Å². The minimum Gasteiger partial charge on any atom is -0.468 e. The molecule has 1 amide bonds. The van der Waals surface area contributed by atoms with Crippen LogP contribution in [0.5, 0.6) is 0 Å². The van der Waals surface area contributed by atoms with Crippen LogP contribution >= 0.6 is 0 Å². The Hall–Kier alpha value is -1.10. The number of nitrogens with zero attached hydrogens (tertiary/aromatic N) is 1. The number of rotatable bonds is 2. The second-order valence-corrected chi connectivity index (χ2v) is 5.34. The zero-order chi connectivity index (χ0) is 12.0. The van der Waals surface area contributed by atoms with Crippen LogP contribution in [0, 0.1) is 17.3 Å². The summed E-state index contributed by atoms with van der Waals surface area (Å²) in [6.07, 6.45) is 1.28. The van der Waals surface area contributed by atoms with Crippen LogP contribution in [-0.2, 0) is 19.1 Å². The molecule has 2 saturated heterocycles. The predicted molar refractivity (Wildman–Crippen MR) is 58.1 cm³/mol. The highest BCUT2D eigenvalue weighted by Gasteiger charge is 2.60. The molecule has 5 nitrogen and oxygen atoms in total. The summed E-state index contributed by atoms with van der Waals surface area (Å²) in [5.41, 5.74) is -0.839. The highest BCUT2D eigenvalue weighted by molar-refractivity contribution is 6.05. The van der Waals surface area contributed by atoms with E-state index in [0.29, 0.717) is 24.7 Å². The number of carbonyl (C=O) groups is 2. The molecular weight excluding hydrogens is 222 g/mol. The van der Waals surface area contributed by atoms with Gasteiger partial charge in [0.15, 0.2) is 0 Å². The number of carbonyl (C=O) groups excluding carboxylic acids is 2. The van der Waals surface area contributed by atoms with Gasteiger partial charge in [0.2, 0.25) is 5.91 Å². The van der Waals surface area contributed by atoms with Gasteiger partial charge in [-0.1, -0.05) is 0 Å². The van der Waals surface area contributed by atoms with Gasteiger partial charge in [0.1, 0.15) is 5.41 Å². The Kier molecular flexibility index (Phi) is 2.40. The molecule has 0 aromatic heterocycles. The summed E-state index contributed by atoms with van der Waals surface area (Å²) in [6, 6.07) is 0. The average Bonchev–Trinajstić information content (AvgIpc) is 2.86. The molecule has 2 unspecified atom stereocenters. The van der Waals surface area contributed by atoms with E-state index in [0.717, 1.165) is 26.3 Å². The highest BCUT2D eigenvalue weighted by Crippen LogP contribution is 2.49. The summed E-state index contributed by atoms with van der Waals surface area (Å²) in [6.45, 7) is 2.98. The van der Waals surface area contributed by atoms with Crippen molar-refractivity contribution >= 4 is 11.9 Å². The smallest absolute Gasteiger partial charge is 0.321 e. The molecule has 5 heteroatoms. The molecule has 2 heterocycles. The van der Waals surface area contributed by atoms with E-state index in [-0.39, 0.29) is 11.9 Å². The van der Waals surface area contributed by atoms with Crippen LogP contribution in [0.4, 0.5) is 0 Å². The monoisotopic (exact) mass is 239 g/mol. The van der Waals surface area contributed by atoms with Gasteiger partial charge in [-0.15, -0.1) is 0 Å². The molecule has 0 spiro atoms.